The molecule has 1 N–H and O–H groups in total. The standard InChI is InChI=1S/C15H14NO4PS/c17-21(18)20-19-11-5-10-16-12-6-1-3-8-14(12)22-15-9-4-2-7-13(15)16/h1-4,6-9H,5,10-11H2/p+1. The Bertz CT molecular complexity index is 637. The van der Waals surface area contributed by atoms with Gasteiger partial charge in [-0.25, -0.2) is 0 Å². The molecule has 1 atom stereocenters. The highest BCUT2D eigenvalue weighted by Crippen LogP contribution is 2.47. The van der Waals surface area contributed by atoms with Crippen LogP contribution in [0.1, 0.15) is 6.42 Å². The number of anilines is 2. The van der Waals surface area contributed by atoms with Crippen LogP contribution in [0.15, 0.2) is 58.3 Å². The summed E-state index contributed by atoms with van der Waals surface area (Å²) in [6.45, 7) is 0.996. The predicted molar refractivity (Wildman–Crippen MR) is 85.5 cm³/mol. The molecule has 2 aromatic rings. The Kier molecular flexibility index (Phi) is 5.08. The zero-order valence-electron chi connectivity index (χ0n) is 11.7. The number of benzene rings is 2. The van der Waals surface area contributed by atoms with Crippen LogP contribution in [0.4, 0.5) is 11.4 Å². The minimum absolute atomic E-state index is 0.260. The molecule has 1 unspecified atom stereocenters. The summed E-state index contributed by atoms with van der Waals surface area (Å²) in [7, 11) is -2.71. The van der Waals surface area contributed by atoms with Crippen molar-refractivity contribution >= 4 is 31.4 Å². The molecule has 0 aliphatic carbocycles. The molecule has 0 radical (unpaired) electrons. The van der Waals surface area contributed by atoms with E-state index in [9.17, 15) is 4.57 Å². The third-order valence-corrected chi connectivity index (χ3v) is 4.62. The van der Waals surface area contributed by atoms with Gasteiger partial charge in [0.25, 0.3) is 0 Å². The molecule has 5 nitrogen and oxygen atoms in total. The van der Waals surface area contributed by atoms with E-state index in [2.05, 4.69) is 33.8 Å². The third kappa shape index (κ3) is 3.48. The highest BCUT2D eigenvalue weighted by molar-refractivity contribution is 7.99. The van der Waals surface area contributed by atoms with Crippen molar-refractivity contribution in [1.29, 1.82) is 0 Å². The van der Waals surface area contributed by atoms with Crippen LogP contribution >= 0.6 is 20.0 Å². The molecule has 1 aliphatic heterocycles. The highest BCUT2D eigenvalue weighted by atomic mass is 32.2. The number of hydrogen-bond acceptors (Lipinski definition) is 5. The van der Waals surface area contributed by atoms with Gasteiger partial charge in [-0.15, -0.1) is 4.89 Å². The van der Waals surface area contributed by atoms with Crippen LogP contribution in [0, 0.1) is 0 Å². The molecular formula is C15H15NO4PS+. The summed E-state index contributed by atoms with van der Waals surface area (Å²) in [5.74, 6) is 0. The van der Waals surface area contributed by atoms with Gasteiger partial charge in [-0.05, 0) is 30.7 Å². The molecule has 1 heterocycles. The van der Waals surface area contributed by atoms with E-state index < -0.39 is 8.25 Å². The fraction of sp³-hybridized carbons (Fsp3) is 0.200. The normalized spacial score (nSPS) is 13.5. The molecule has 0 aromatic heterocycles. The van der Waals surface area contributed by atoms with Crippen LogP contribution in [-0.2, 0) is 14.1 Å². The smallest absolute Gasteiger partial charge is 0.340 e. The summed E-state index contributed by atoms with van der Waals surface area (Å²) in [6.07, 6.45) is 0.677. The molecule has 0 bridgehead atoms. The number of nitrogens with zero attached hydrogens (tertiary/aromatic N) is 1. The highest BCUT2D eigenvalue weighted by Gasteiger charge is 2.22. The van der Waals surface area contributed by atoms with Gasteiger partial charge in [0.2, 0.25) is 0 Å². The summed E-state index contributed by atoms with van der Waals surface area (Å²) in [4.78, 5) is 17.9. The van der Waals surface area contributed by atoms with Crippen molar-refractivity contribution in [2.75, 3.05) is 18.1 Å². The van der Waals surface area contributed by atoms with Crippen molar-refractivity contribution in [3.63, 3.8) is 0 Å². The maximum absolute atomic E-state index is 10.4. The fourth-order valence-electron chi connectivity index (χ4n) is 2.39. The van der Waals surface area contributed by atoms with Crippen LogP contribution in [0.3, 0.4) is 0 Å². The second-order valence-electron chi connectivity index (χ2n) is 4.68. The molecule has 0 saturated carbocycles. The summed E-state index contributed by atoms with van der Waals surface area (Å²) in [5, 5.41) is 0. The monoisotopic (exact) mass is 336 g/mol. The first-order chi connectivity index (χ1) is 10.8. The zero-order valence-corrected chi connectivity index (χ0v) is 13.4. The van der Waals surface area contributed by atoms with Crippen LogP contribution in [0.5, 0.6) is 0 Å². The summed E-state index contributed by atoms with van der Waals surface area (Å²) in [6, 6.07) is 16.5. The quantitative estimate of drug-likeness (QED) is 0.368. The second kappa shape index (κ2) is 7.22. The molecule has 7 heteroatoms. The Morgan fingerprint density at radius 2 is 1.64 bits per heavy atom. The fourth-order valence-corrected chi connectivity index (χ4v) is 3.65. The first kappa shape index (κ1) is 15.5. The molecule has 0 fully saturated rings. The molecule has 3 rings (SSSR count). The number of fused-ring (bicyclic) bond motifs is 2. The lowest BCUT2D eigenvalue weighted by atomic mass is 10.2. The molecule has 0 amide bonds. The average Bonchev–Trinajstić information content (AvgIpc) is 2.53. The van der Waals surface area contributed by atoms with Gasteiger partial charge in [0.15, 0.2) is 0 Å². The molecular weight excluding hydrogens is 321 g/mol. The van der Waals surface area contributed by atoms with Crippen LogP contribution in [0.2, 0.25) is 0 Å². The first-order valence-corrected chi connectivity index (χ1v) is 8.79. The SMILES string of the molecule is O=[P+](O)OOCCCN1c2ccccc2Sc2ccccc21. The first-order valence-electron chi connectivity index (χ1n) is 6.85. The second-order valence-corrected chi connectivity index (χ2v) is 6.39. The van der Waals surface area contributed by atoms with Crippen molar-refractivity contribution in [1.82, 2.24) is 0 Å². The Balaban J connectivity index is 1.74. The van der Waals surface area contributed by atoms with Crippen molar-refractivity contribution < 1.29 is 19.0 Å². The van der Waals surface area contributed by atoms with E-state index in [1.54, 1.807) is 11.8 Å². The van der Waals surface area contributed by atoms with E-state index in [0.717, 1.165) is 6.54 Å². The minimum atomic E-state index is -2.71. The molecule has 22 heavy (non-hydrogen) atoms. The van der Waals surface area contributed by atoms with Crippen molar-refractivity contribution in [2.24, 2.45) is 0 Å². The van der Waals surface area contributed by atoms with Gasteiger partial charge in [0, 0.05) is 20.9 Å². The Hall–Kier alpha value is -1.43. The van der Waals surface area contributed by atoms with Gasteiger partial charge < -0.3 is 4.90 Å². The van der Waals surface area contributed by atoms with E-state index in [-0.39, 0.29) is 6.61 Å². The van der Waals surface area contributed by atoms with Crippen molar-refractivity contribution in [3.05, 3.63) is 48.5 Å². The van der Waals surface area contributed by atoms with Crippen LogP contribution < -0.4 is 4.90 Å². The largest absolute Gasteiger partial charge is 0.725 e. The van der Waals surface area contributed by atoms with Gasteiger partial charge >= 0.3 is 8.25 Å². The number of hydrogen-bond donors (Lipinski definition) is 1. The average molecular weight is 336 g/mol. The van der Waals surface area contributed by atoms with Crippen molar-refractivity contribution in [2.45, 2.75) is 16.2 Å². The van der Waals surface area contributed by atoms with Crippen molar-refractivity contribution in [3.8, 4) is 0 Å². The molecule has 0 spiro atoms. The van der Waals surface area contributed by atoms with Crippen LogP contribution in [0.25, 0.3) is 0 Å². The zero-order chi connectivity index (χ0) is 15.4. The Labute approximate surface area is 133 Å². The Morgan fingerprint density at radius 1 is 1.05 bits per heavy atom. The summed E-state index contributed by atoms with van der Waals surface area (Å²) < 4.78 is 14.6. The molecule has 0 saturated heterocycles. The van der Waals surface area contributed by atoms with E-state index in [1.165, 1.54) is 21.2 Å². The van der Waals surface area contributed by atoms with Gasteiger partial charge in [-0.2, -0.15) is 4.89 Å². The van der Waals surface area contributed by atoms with Crippen LogP contribution in [-0.4, -0.2) is 18.0 Å². The lowest BCUT2D eigenvalue weighted by Gasteiger charge is -2.32. The number of rotatable bonds is 6. The van der Waals surface area contributed by atoms with Gasteiger partial charge in [0.1, 0.15) is 0 Å². The van der Waals surface area contributed by atoms with Gasteiger partial charge in [0.05, 0.1) is 22.7 Å². The maximum atomic E-state index is 10.4. The topological polar surface area (TPSA) is 59.0 Å². The lowest BCUT2D eigenvalue weighted by molar-refractivity contribution is -0.207. The minimum Gasteiger partial charge on any atom is -0.340 e. The molecule has 1 aliphatic rings. The maximum Gasteiger partial charge on any atom is 0.725 e. The summed E-state index contributed by atoms with van der Waals surface area (Å²) >= 11 is 1.76. The van der Waals surface area contributed by atoms with Gasteiger partial charge in [-0.1, -0.05) is 36.0 Å². The number of para-hydroxylation sites is 2. The Morgan fingerprint density at radius 3 is 2.23 bits per heavy atom. The summed E-state index contributed by atoms with van der Waals surface area (Å²) in [5.41, 5.74) is 2.33. The van der Waals surface area contributed by atoms with E-state index in [1.807, 2.05) is 24.3 Å². The van der Waals surface area contributed by atoms with E-state index in [4.69, 9.17) is 9.78 Å². The van der Waals surface area contributed by atoms with Gasteiger partial charge in [-0.3, -0.25) is 0 Å². The molecule has 114 valence electrons. The lowest BCUT2D eigenvalue weighted by Crippen LogP contribution is -2.22. The molecule has 2 aromatic carbocycles. The van der Waals surface area contributed by atoms with E-state index in [0.29, 0.717) is 6.42 Å². The third-order valence-electron chi connectivity index (χ3n) is 3.26. The van der Waals surface area contributed by atoms with E-state index >= 15 is 0 Å². The predicted octanol–water partition coefficient (Wildman–Crippen LogP) is 4.28.